The van der Waals surface area contributed by atoms with E-state index in [1.165, 1.54) is 36.7 Å². The van der Waals surface area contributed by atoms with Crippen LogP contribution < -0.4 is 9.46 Å². The van der Waals surface area contributed by atoms with Crippen LogP contribution in [0.5, 0.6) is 11.5 Å². The Morgan fingerprint density at radius 3 is 2.59 bits per heavy atom. The fraction of sp³-hybridized carbons (Fsp3) is 0.0417. The number of thiazole rings is 1. The molecule has 0 saturated carbocycles. The van der Waals surface area contributed by atoms with E-state index in [0.717, 1.165) is 11.3 Å². The maximum absolute atomic E-state index is 13.3. The van der Waals surface area contributed by atoms with Gasteiger partial charge in [0.25, 0.3) is 10.0 Å². The molecule has 0 bridgehead atoms. The van der Waals surface area contributed by atoms with Gasteiger partial charge in [-0.15, -0.1) is 11.3 Å². The summed E-state index contributed by atoms with van der Waals surface area (Å²) in [6.45, 7) is 0. The molecule has 0 amide bonds. The third-order valence-electron chi connectivity index (χ3n) is 5.12. The summed E-state index contributed by atoms with van der Waals surface area (Å²) in [5.41, 5.74) is 2.18. The van der Waals surface area contributed by atoms with E-state index in [-0.39, 0.29) is 21.3 Å². The largest absolute Gasteiger partial charge is 0.454 e. The van der Waals surface area contributed by atoms with Gasteiger partial charge in [0.1, 0.15) is 17.5 Å². The quantitative estimate of drug-likeness (QED) is 0.300. The SMILES string of the molecule is Cn1cc(-c2nc(-c3ccc(F)nc3)ccc2Oc2ccc(S(=O)(=O)Nc3nccs3)cc2C#N)cn1. The fourth-order valence-corrected chi connectivity index (χ4v) is 5.20. The van der Waals surface area contributed by atoms with Gasteiger partial charge in [-0.05, 0) is 42.5 Å². The Labute approximate surface area is 214 Å². The highest BCUT2D eigenvalue weighted by Gasteiger charge is 2.20. The molecule has 0 aliphatic heterocycles. The van der Waals surface area contributed by atoms with Crippen molar-refractivity contribution in [1.82, 2.24) is 24.7 Å². The van der Waals surface area contributed by atoms with Crippen molar-refractivity contribution in [3.8, 4) is 40.1 Å². The first kappa shape index (κ1) is 24.0. The molecule has 0 radical (unpaired) electrons. The number of halogens is 1. The first-order chi connectivity index (χ1) is 17.8. The molecule has 0 spiro atoms. The molecular weight excluding hydrogens is 517 g/mol. The number of sulfonamides is 1. The van der Waals surface area contributed by atoms with E-state index in [4.69, 9.17) is 4.74 Å². The summed E-state index contributed by atoms with van der Waals surface area (Å²) in [6, 6.07) is 12.1. The van der Waals surface area contributed by atoms with Gasteiger partial charge in [-0.1, -0.05) is 0 Å². The van der Waals surface area contributed by atoms with Crippen molar-refractivity contribution in [2.45, 2.75) is 4.90 Å². The normalized spacial score (nSPS) is 11.2. The smallest absolute Gasteiger partial charge is 0.263 e. The zero-order valence-corrected chi connectivity index (χ0v) is 20.7. The maximum Gasteiger partial charge on any atom is 0.263 e. The highest BCUT2D eigenvalue weighted by molar-refractivity contribution is 7.93. The third kappa shape index (κ3) is 5.15. The van der Waals surface area contributed by atoms with Gasteiger partial charge >= 0.3 is 0 Å². The first-order valence-electron chi connectivity index (χ1n) is 10.6. The predicted octanol–water partition coefficient (Wildman–Crippen LogP) is 4.60. The predicted molar refractivity (Wildman–Crippen MR) is 134 cm³/mol. The van der Waals surface area contributed by atoms with Crippen molar-refractivity contribution < 1.29 is 17.5 Å². The monoisotopic (exact) mass is 533 g/mol. The molecule has 1 aromatic carbocycles. The molecule has 0 atom stereocenters. The van der Waals surface area contributed by atoms with Gasteiger partial charge in [0.2, 0.25) is 5.95 Å². The number of hydrogen-bond acceptors (Lipinski definition) is 9. The number of benzene rings is 1. The number of aryl methyl sites for hydroxylation is 1. The van der Waals surface area contributed by atoms with Gasteiger partial charge in [0.15, 0.2) is 10.9 Å². The van der Waals surface area contributed by atoms with Crippen LogP contribution in [0.25, 0.3) is 22.5 Å². The summed E-state index contributed by atoms with van der Waals surface area (Å²) >= 11 is 1.13. The lowest BCUT2D eigenvalue weighted by molar-refractivity contribution is 0.480. The second-order valence-corrected chi connectivity index (χ2v) is 10.2. The van der Waals surface area contributed by atoms with Crippen LogP contribution in [0.3, 0.4) is 0 Å². The number of nitrogens with one attached hydrogen (secondary N) is 1. The Morgan fingerprint density at radius 2 is 1.92 bits per heavy atom. The Morgan fingerprint density at radius 1 is 1.08 bits per heavy atom. The number of pyridine rings is 2. The molecule has 0 fully saturated rings. The summed E-state index contributed by atoms with van der Waals surface area (Å²) in [7, 11) is -2.20. The number of rotatable bonds is 7. The van der Waals surface area contributed by atoms with E-state index in [1.54, 1.807) is 47.7 Å². The van der Waals surface area contributed by atoms with Crippen LogP contribution in [0.1, 0.15) is 5.56 Å². The Bertz CT molecular complexity index is 1730. The van der Waals surface area contributed by atoms with Crippen LogP contribution in [-0.2, 0) is 17.1 Å². The zero-order valence-electron chi connectivity index (χ0n) is 19.0. The van der Waals surface area contributed by atoms with E-state index in [2.05, 4.69) is 24.8 Å². The number of nitrogens with zero attached hydrogens (tertiary/aromatic N) is 6. The molecule has 184 valence electrons. The number of hydrogen-bond donors (Lipinski definition) is 1. The molecule has 13 heteroatoms. The van der Waals surface area contributed by atoms with E-state index in [9.17, 15) is 18.1 Å². The summed E-state index contributed by atoms with van der Waals surface area (Å²) in [5.74, 6) is -0.161. The number of ether oxygens (including phenoxy) is 1. The molecule has 5 rings (SSSR count). The molecule has 4 heterocycles. The van der Waals surface area contributed by atoms with Crippen LogP contribution in [0.15, 0.2) is 77.5 Å². The van der Waals surface area contributed by atoms with Crippen molar-refractivity contribution >= 4 is 26.5 Å². The minimum absolute atomic E-state index is 0.00552. The Balaban J connectivity index is 1.52. The van der Waals surface area contributed by atoms with Crippen LogP contribution in [0.2, 0.25) is 0 Å². The highest BCUT2D eigenvalue weighted by Crippen LogP contribution is 2.36. The Hall–Kier alpha value is -4.67. The van der Waals surface area contributed by atoms with Gasteiger partial charge in [0.05, 0.1) is 22.3 Å². The van der Waals surface area contributed by atoms with Crippen molar-refractivity contribution in [1.29, 1.82) is 5.26 Å². The molecular formula is C24H16FN7O3S2. The third-order valence-corrected chi connectivity index (χ3v) is 7.27. The first-order valence-corrected chi connectivity index (χ1v) is 12.9. The van der Waals surface area contributed by atoms with Gasteiger partial charge in [-0.3, -0.25) is 9.40 Å². The maximum atomic E-state index is 13.3. The fourth-order valence-electron chi connectivity index (χ4n) is 3.39. The molecule has 5 aromatic rings. The van der Waals surface area contributed by atoms with E-state index < -0.39 is 16.0 Å². The van der Waals surface area contributed by atoms with Crippen LogP contribution in [-0.4, -0.2) is 33.2 Å². The minimum atomic E-state index is -3.96. The number of nitriles is 1. The molecule has 4 aromatic heterocycles. The van der Waals surface area contributed by atoms with Crippen LogP contribution in [0.4, 0.5) is 9.52 Å². The zero-order chi connectivity index (χ0) is 26.0. The van der Waals surface area contributed by atoms with E-state index in [0.29, 0.717) is 28.3 Å². The standard InChI is InChI=1S/C24H16FN7O3S2/c1-32-14-17(13-29-32)23-21(6-4-19(30-23)15-2-7-22(25)28-12-15)35-20-5-3-18(10-16(20)11-26)37(33,34)31-24-27-8-9-36-24/h2-10,12-14H,1H3,(H,27,31). The van der Waals surface area contributed by atoms with Crippen molar-refractivity contribution in [3.05, 3.63) is 84.1 Å². The van der Waals surface area contributed by atoms with Gasteiger partial charge in [-0.2, -0.15) is 14.8 Å². The average Bonchev–Trinajstić information content (AvgIpc) is 3.56. The van der Waals surface area contributed by atoms with Crippen molar-refractivity contribution in [2.24, 2.45) is 7.05 Å². The van der Waals surface area contributed by atoms with Gasteiger partial charge in [0, 0.05) is 42.1 Å². The molecule has 10 nitrogen and oxygen atoms in total. The lowest BCUT2D eigenvalue weighted by atomic mass is 10.1. The van der Waals surface area contributed by atoms with Crippen molar-refractivity contribution in [3.63, 3.8) is 0 Å². The Kier molecular flexibility index (Phi) is 6.34. The topological polar surface area (TPSA) is 136 Å². The number of anilines is 1. The van der Waals surface area contributed by atoms with E-state index in [1.807, 2.05) is 6.07 Å². The summed E-state index contributed by atoms with van der Waals surface area (Å²) < 4.78 is 48.8. The molecule has 0 aliphatic rings. The average molecular weight is 534 g/mol. The molecule has 37 heavy (non-hydrogen) atoms. The second kappa shape index (κ2) is 9.76. The highest BCUT2D eigenvalue weighted by atomic mass is 32.2. The molecule has 0 unspecified atom stereocenters. The molecule has 1 N–H and O–H groups in total. The minimum Gasteiger partial charge on any atom is -0.454 e. The lowest BCUT2D eigenvalue weighted by Gasteiger charge is -2.13. The summed E-state index contributed by atoms with van der Waals surface area (Å²) in [5, 5.41) is 15.8. The van der Waals surface area contributed by atoms with Crippen molar-refractivity contribution in [2.75, 3.05) is 4.72 Å². The van der Waals surface area contributed by atoms with E-state index >= 15 is 0 Å². The molecule has 0 aliphatic carbocycles. The van der Waals surface area contributed by atoms with Gasteiger partial charge < -0.3 is 4.74 Å². The summed E-state index contributed by atoms with van der Waals surface area (Å²) in [6.07, 6.45) is 6.20. The lowest BCUT2D eigenvalue weighted by Crippen LogP contribution is -2.13. The van der Waals surface area contributed by atoms with Crippen LogP contribution >= 0.6 is 11.3 Å². The molecule has 0 saturated heterocycles. The van der Waals surface area contributed by atoms with Gasteiger partial charge in [-0.25, -0.2) is 23.4 Å². The number of aromatic nitrogens is 5. The second-order valence-electron chi connectivity index (χ2n) is 7.63. The summed E-state index contributed by atoms with van der Waals surface area (Å²) in [4.78, 5) is 12.2. The van der Waals surface area contributed by atoms with Crippen LogP contribution in [0, 0.1) is 17.3 Å².